The number of hydrogen-bond donors (Lipinski definition) is 0. The van der Waals surface area contributed by atoms with Gasteiger partial charge in [-0.3, -0.25) is 4.79 Å². The molecule has 2 aromatic carbocycles. The average molecular weight is 423 g/mol. The molecule has 0 aromatic heterocycles. The molecule has 0 bridgehead atoms. The first-order valence-electron chi connectivity index (χ1n) is 8.98. The highest BCUT2D eigenvalue weighted by molar-refractivity contribution is 7.89. The molecular formula is C20H23ClN2O4S. The minimum Gasteiger partial charge on any atom is -0.497 e. The number of likely N-dealkylation sites (tertiary alicyclic amines) is 1. The molecule has 1 amide bonds. The first kappa shape index (κ1) is 20.6. The third kappa shape index (κ3) is 4.32. The monoisotopic (exact) mass is 422 g/mol. The molecule has 8 heteroatoms. The molecule has 1 atom stereocenters. The van der Waals surface area contributed by atoms with Gasteiger partial charge in [-0.2, -0.15) is 4.31 Å². The Balaban J connectivity index is 1.72. The van der Waals surface area contributed by atoms with Gasteiger partial charge in [0.05, 0.1) is 24.6 Å². The molecule has 0 saturated carbocycles. The molecule has 1 unspecified atom stereocenters. The van der Waals surface area contributed by atoms with Gasteiger partial charge in [0.1, 0.15) is 5.75 Å². The van der Waals surface area contributed by atoms with Gasteiger partial charge in [-0.25, -0.2) is 8.42 Å². The van der Waals surface area contributed by atoms with Gasteiger partial charge in [-0.15, -0.1) is 0 Å². The van der Waals surface area contributed by atoms with Gasteiger partial charge in [-0.05, 0) is 54.8 Å². The number of methoxy groups -OCH3 is 1. The van der Waals surface area contributed by atoms with Gasteiger partial charge in [0, 0.05) is 18.6 Å². The minimum absolute atomic E-state index is 0.0509. The van der Waals surface area contributed by atoms with E-state index in [0.717, 1.165) is 28.5 Å². The number of halogens is 1. The summed E-state index contributed by atoms with van der Waals surface area (Å²) in [5, 5.41) is 0.456. The fourth-order valence-corrected chi connectivity index (χ4v) is 4.64. The fraction of sp³-hybridized carbons (Fsp3) is 0.350. The van der Waals surface area contributed by atoms with Crippen molar-refractivity contribution < 1.29 is 17.9 Å². The molecule has 3 rings (SSSR count). The van der Waals surface area contributed by atoms with Crippen molar-refractivity contribution in [3.63, 3.8) is 0 Å². The summed E-state index contributed by atoms with van der Waals surface area (Å²) in [7, 11) is -0.735. The maximum absolute atomic E-state index is 12.9. The van der Waals surface area contributed by atoms with Gasteiger partial charge in [-0.1, -0.05) is 23.7 Å². The zero-order valence-electron chi connectivity index (χ0n) is 15.8. The van der Waals surface area contributed by atoms with Gasteiger partial charge >= 0.3 is 0 Å². The summed E-state index contributed by atoms with van der Waals surface area (Å²) in [6, 6.07) is 13.5. The van der Waals surface area contributed by atoms with E-state index in [2.05, 4.69) is 0 Å². The van der Waals surface area contributed by atoms with Gasteiger partial charge in [0.25, 0.3) is 0 Å². The molecule has 0 radical (unpaired) electrons. The molecule has 0 N–H and O–H groups in total. The van der Waals surface area contributed by atoms with Crippen LogP contribution in [0.1, 0.15) is 24.4 Å². The molecule has 28 heavy (non-hydrogen) atoms. The van der Waals surface area contributed by atoms with Crippen LogP contribution in [0, 0.1) is 0 Å². The van der Waals surface area contributed by atoms with E-state index in [9.17, 15) is 13.2 Å². The van der Waals surface area contributed by atoms with E-state index < -0.39 is 10.0 Å². The Morgan fingerprint density at radius 3 is 2.43 bits per heavy atom. The number of benzene rings is 2. The summed E-state index contributed by atoms with van der Waals surface area (Å²) in [5.41, 5.74) is 1.02. The average Bonchev–Trinajstić information content (AvgIpc) is 3.18. The molecule has 6 nitrogen and oxygen atoms in total. The highest BCUT2D eigenvalue weighted by Gasteiger charge is 2.32. The Labute approximate surface area is 170 Å². The summed E-state index contributed by atoms with van der Waals surface area (Å²) in [6.07, 6.45) is 1.74. The van der Waals surface area contributed by atoms with Crippen molar-refractivity contribution in [2.24, 2.45) is 0 Å². The molecule has 150 valence electrons. The van der Waals surface area contributed by atoms with Crippen LogP contribution in [0.15, 0.2) is 53.4 Å². The molecule has 1 aliphatic rings. The summed E-state index contributed by atoms with van der Waals surface area (Å²) >= 11 is 5.83. The van der Waals surface area contributed by atoms with Gasteiger partial charge in [0.2, 0.25) is 15.9 Å². The minimum atomic E-state index is -3.76. The summed E-state index contributed by atoms with van der Waals surface area (Å²) in [6.45, 7) is 0.405. The van der Waals surface area contributed by atoms with E-state index in [0.29, 0.717) is 11.6 Å². The van der Waals surface area contributed by atoms with E-state index in [-0.39, 0.29) is 23.4 Å². The first-order chi connectivity index (χ1) is 13.3. The number of rotatable bonds is 6. The predicted molar refractivity (Wildman–Crippen MR) is 108 cm³/mol. The van der Waals surface area contributed by atoms with Crippen LogP contribution in [0.3, 0.4) is 0 Å². The first-order valence-corrected chi connectivity index (χ1v) is 10.8. The van der Waals surface area contributed by atoms with E-state index in [4.69, 9.17) is 16.3 Å². The van der Waals surface area contributed by atoms with Crippen LogP contribution in [0.4, 0.5) is 0 Å². The smallest absolute Gasteiger partial charge is 0.243 e. The van der Waals surface area contributed by atoms with Crippen LogP contribution < -0.4 is 4.74 Å². The van der Waals surface area contributed by atoms with Crippen molar-refractivity contribution in [3.8, 4) is 5.75 Å². The second-order valence-corrected chi connectivity index (χ2v) is 9.21. The van der Waals surface area contributed by atoms with Crippen molar-refractivity contribution in [2.75, 3.05) is 27.2 Å². The number of ether oxygens (including phenoxy) is 1. The second-order valence-electron chi connectivity index (χ2n) is 6.73. The molecule has 0 aliphatic carbocycles. The lowest BCUT2D eigenvalue weighted by Crippen LogP contribution is -2.40. The van der Waals surface area contributed by atoms with Gasteiger partial charge < -0.3 is 9.64 Å². The highest BCUT2D eigenvalue weighted by Crippen LogP contribution is 2.33. The van der Waals surface area contributed by atoms with Crippen molar-refractivity contribution >= 4 is 27.5 Å². The molecule has 0 spiro atoms. The number of carbonyl (C=O) groups excluding carboxylic acids is 1. The second kappa shape index (κ2) is 8.51. The van der Waals surface area contributed by atoms with E-state index >= 15 is 0 Å². The Hall–Kier alpha value is -2.09. The van der Waals surface area contributed by atoms with Crippen LogP contribution >= 0.6 is 11.6 Å². The summed E-state index contributed by atoms with van der Waals surface area (Å²) < 4.78 is 31.7. The highest BCUT2D eigenvalue weighted by atomic mass is 35.5. The van der Waals surface area contributed by atoms with E-state index in [1.54, 1.807) is 12.0 Å². The predicted octanol–water partition coefficient (Wildman–Crippen LogP) is 3.33. The Morgan fingerprint density at radius 2 is 1.82 bits per heavy atom. The lowest BCUT2D eigenvalue weighted by Gasteiger charge is -2.27. The molecule has 1 saturated heterocycles. The Morgan fingerprint density at radius 1 is 1.18 bits per heavy atom. The van der Waals surface area contributed by atoms with Crippen LogP contribution in [0.5, 0.6) is 5.75 Å². The van der Waals surface area contributed by atoms with E-state index in [1.807, 2.05) is 24.3 Å². The largest absolute Gasteiger partial charge is 0.497 e. The van der Waals surface area contributed by atoms with Crippen LogP contribution in [-0.4, -0.2) is 50.8 Å². The Bertz CT molecular complexity index is 930. The topological polar surface area (TPSA) is 66.9 Å². The van der Waals surface area contributed by atoms with Crippen LogP contribution in [0.25, 0.3) is 0 Å². The zero-order valence-corrected chi connectivity index (χ0v) is 17.4. The van der Waals surface area contributed by atoms with Crippen molar-refractivity contribution in [1.29, 1.82) is 0 Å². The van der Waals surface area contributed by atoms with Crippen LogP contribution in [-0.2, 0) is 14.8 Å². The number of nitrogens with zero attached hydrogens (tertiary/aromatic N) is 2. The molecule has 1 aliphatic heterocycles. The number of hydrogen-bond acceptors (Lipinski definition) is 4. The van der Waals surface area contributed by atoms with Crippen LogP contribution in [0.2, 0.25) is 5.02 Å². The van der Waals surface area contributed by atoms with Crippen molar-refractivity contribution in [1.82, 2.24) is 9.21 Å². The molecule has 2 aromatic rings. The molecular weight excluding hydrogens is 400 g/mol. The van der Waals surface area contributed by atoms with Crippen molar-refractivity contribution in [3.05, 3.63) is 59.1 Å². The fourth-order valence-electron chi connectivity index (χ4n) is 3.39. The lowest BCUT2D eigenvalue weighted by atomic mass is 10.0. The Kier molecular flexibility index (Phi) is 6.27. The zero-order chi connectivity index (χ0) is 20.3. The van der Waals surface area contributed by atoms with Gasteiger partial charge in [0.15, 0.2) is 0 Å². The number of sulfonamides is 1. The lowest BCUT2D eigenvalue weighted by molar-refractivity contribution is -0.132. The van der Waals surface area contributed by atoms with Crippen molar-refractivity contribution in [2.45, 2.75) is 23.8 Å². The SMILES string of the molecule is COc1ccc(C2CCCN2C(=O)CN(C)S(=O)(=O)c2ccc(Cl)cc2)cc1. The number of carbonyl (C=O) groups is 1. The summed E-state index contributed by atoms with van der Waals surface area (Å²) in [5.74, 6) is 0.548. The third-order valence-corrected chi connectivity index (χ3v) is 7.02. The maximum atomic E-state index is 12.9. The summed E-state index contributed by atoms with van der Waals surface area (Å²) in [4.78, 5) is 14.7. The van der Waals surface area contributed by atoms with E-state index in [1.165, 1.54) is 31.3 Å². The maximum Gasteiger partial charge on any atom is 0.243 e. The standard InChI is InChI=1S/C20H23ClN2O4S/c1-22(28(25,26)18-11-7-16(21)8-12-18)14-20(24)23-13-3-4-19(23)15-5-9-17(27-2)10-6-15/h5-12,19H,3-4,13-14H2,1-2H3. The molecule has 1 heterocycles. The normalized spacial score (nSPS) is 17.1. The number of amides is 1. The molecule has 1 fully saturated rings. The number of likely N-dealkylation sites (N-methyl/N-ethyl adjacent to an activating group) is 1. The third-order valence-electron chi connectivity index (χ3n) is 4.95. The quantitative estimate of drug-likeness (QED) is 0.716.